The van der Waals surface area contributed by atoms with E-state index in [0.717, 1.165) is 30.6 Å². The van der Waals surface area contributed by atoms with Gasteiger partial charge in [-0.1, -0.05) is 12.1 Å². The third-order valence-electron chi connectivity index (χ3n) is 4.01. The number of amides is 2. The van der Waals surface area contributed by atoms with Crippen LogP contribution in [0.15, 0.2) is 24.3 Å². The first kappa shape index (κ1) is 16.8. The van der Waals surface area contributed by atoms with Gasteiger partial charge in [0.05, 0.1) is 11.6 Å². The molecular formula is C17H27N3O2. The first-order valence-corrected chi connectivity index (χ1v) is 7.81. The Kier molecular flexibility index (Phi) is 5.08. The smallest absolute Gasteiger partial charge is 0.322 e. The molecule has 2 rings (SSSR count). The standard InChI is InChI=1S/C17H27N3O2/c1-17(2,22)15-9-6-10-20(15)16(21)18-14-8-5-7-13(11-14)12-19(3)4/h5,7-8,11,15,22H,6,9-10,12H2,1-4H3,(H,18,21). The fraction of sp³-hybridized carbons (Fsp3) is 0.588. The summed E-state index contributed by atoms with van der Waals surface area (Å²) in [5, 5.41) is 13.2. The Hall–Kier alpha value is -1.59. The summed E-state index contributed by atoms with van der Waals surface area (Å²) in [5.74, 6) is 0. The summed E-state index contributed by atoms with van der Waals surface area (Å²) in [6, 6.07) is 7.63. The molecule has 0 saturated carbocycles. The van der Waals surface area contributed by atoms with Crippen LogP contribution in [0.1, 0.15) is 32.3 Å². The van der Waals surface area contributed by atoms with Crippen molar-refractivity contribution in [3.05, 3.63) is 29.8 Å². The molecule has 1 unspecified atom stereocenters. The number of aliphatic hydroxyl groups is 1. The van der Waals surface area contributed by atoms with Crippen LogP contribution in [0.5, 0.6) is 0 Å². The average molecular weight is 305 g/mol. The number of likely N-dealkylation sites (tertiary alicyclic amines) is 1. The fourth-order valence-corrected chi connectivity index (χ4v) is 3.05. The van der Waals surface area contributed by atoms with Crippen molar-refractivity contribution in [1.82, 2.24) is 9.80 Å². The Labute approximate surface area is 132 Å². The molecule has 2 amide bonds. The molecule has 0 bridgehead atoms. The highest BCUT2D eigenvalue weighted by Crippen LogP contribution is 2.27. The highest BCUT2D eigenvalue weighted by atomic mass is 16.3. The molecule has 0 spiro atoms. The second kappa shape index (κ2) is 6.67. The van der Waals surface area contributed by atoms with Crippen molar-refractivity contribution in [2.75, 3.05) is 26.0 Å². The molecule has 0 aromatic heterocycles. The largest absolute Gasteiger partial charge is 0.388 e. The average Bonchev–Trinajstić information content (AvgIpc) is 2.87. The van der Waals surface area contributed by atoms with Gasteiger partial charge in [0.25, 0.3) is 0 Å². The van der Waals surface area contributed by atoms with Crippen molar-refractivity contribution in [1.29, 1.82) is 0 Å². The molecule has 1 aromatic rings. The lowest BCUT2D eigenvalue weighted by Gasteiger charge is -2.33. The van der Waals surface area contributed by atoms with Gasteiger partial charge in [-0.15, -0.1) is 0 Å². The van der Waals surface area contributed by atoms with Gasteiger partial charge >= 0.3 is 6.03 Å². The van der Waals surface area contributed by atoms with Crippen molar-refractivity contribution in [3.8, 4) is 0 Å². The van der Waals surface area contributed by atoms with Crippen LogP contribution in [0.4, 0.5) is 10.5 Å². The maximum atomic E-state index is 12.5. The minimum Gasteiger partial charge on any atom is -0.388 e. The minimum absolute atomic E-state index is 0.127. The summed E-state index contributed by atoms with van der Waals surface area (Å²) in [7, 11) is 4.03. The van der Waals surface area contributed by atoms with E-state index in [1.807, 2.05) is 38.4 Å². The molecule has 5 nitrogen and oxygen atoms in total. The number of hydrogen-bond acceptors (Lipinski definition) is 3. The van der Waals surface area contributed by atoms with E-state index < -0.39 is 5.60 Å². The highest BCUT2D eigenvalue weighted by Gasteiger charge is 2.38. The molecule has 22 heavy (non-hydrogen) atoms. The number of rotatable bonds is 4. The van der Waals surface area contributed by atoms with E-state index in [1.54, 1.807) is 18.7 Å². The van der Waals surface area contributed by atoms with Gasteiger partial charge in [-0.05, 0) is 58.5 Å². The van der Waals surface area contributed by atoms with E-state index in [2.05, 4.69) is 10.2 Å². The summed E-state index contributed by atoms with van der Waals surface area (Å²) >= 11 is 0. The molecule has 1 fully saturated rings. The molecule has 0 radical (unpaired) electrons. The second-order valence-electron chi connectivity index (χ2n) is 6.87. The Morgan fingerprint density at radius 2 is 2.18 bits per heavy atom. The summed E-state index contributed by atoms with van der Waals surface area (Å²) < 4.78 is 0. The van der Waals surface area contributed by atoms with Gasteiger partial charge in [0.1, 0.15) is 0 Å². The first-order chi connectivity index (χ1) is 10.3. The molecule has 1 aromatic carbocycles. The minimum atomic E-state index is -0.874. The lowest BCUT2D eigenvalue weighted by molar-refractivity contribution is 0.0117. The number of nitrogens with zero attached hydrogens (tertiary/aromatic N) is 2. The number of nitrogens with one attached hydrogen (secondary N) is 1. The van der Waals surface area contributed by atoms with E-state index in [1.165, 1.54) is 0 Å². The summed E-state index contributed by atoms with van der Waals surface area (Å²) in [5.41, 5.74) is 1.08. The van der Waals surface area contributed by atoms with E-state index in [-0.39, 0.29) is 12.1 Å². The van der Waals surface area contributed by atoms with Crippen molar-refractivity contribution in [2.24, 2.45) is 0 Å². The Morgan fingerprint density at radius 3 is 2.82 bits per heavy atom. The molecule has 0 aliphatic carbocycles. The number of urea groups is 1. The SMILES string of the molecule is CN(C)Cc1cccc(NC(=O)N2CCCC2C(C)(C)O)c1. The molecule has 1 heterocycles. The Balaban J connectivity index is 2.05. The molecule has 1 aliphatic rings. The third-order valence-corrected chi connectivity index (χ3v) is 4.01. The molecule has 1 atom stereocenters. The monoisotopic (exact) mass is 305 g/mol. The Bertz CT molecular complexity index is 523. The fourth-order valence-electron chi connectivity index (χ4n) is 3.05. The van der Waals surface area contributed by atoms with E-state index >= 15 is 0 Å². The summed E-state index contributed by atoms with van der Waals surface area (Å²) in [6.45, 7) is 5.06. The van der Waals surface area contributed by atoms with Crippen LogP contribution < -0.4 is 5.32 Å². The number of hydrogen-bond donors (Lipinski definition) is 2. The highest BCUT2D eigenvalue weighted by molar-refractivity contribution is 5.89. The van der Waals surface area contributed by atoms with Gasteiger partial charge in [-0.2, -0.15) is 0 Å². The van der Waals surface area contributed by atoms with Gasteiger partial charge < -0.3 is 20.2 Å². The van der Waals surface area contributed by atoms with Crippen molar-refractivity contribution < 1.29 is 9.90 Å². The van der Waals surface area contributed by atoms with Crippen molar-refractivity contribution in [2.45, 2.75) is 44.9 Å². The molecule has 1 aliphatic heterocycles. The maximum Gasteiger partial charge on any atom is 0.322 e. The zero-order valence-corrected chi connectivity index (χ0v) is 14.0. The van der Waals surface area contributed by atoms with Gasteiger partial charge in [-0.25, -0.2) is 4.79 Å². The van der Waals surface area contributed by atoms with Crippen LogP contribution in [-0.4, -0.2) is 53.2 Å². The second-order valence-corrected chi connectivity index (χ2v) is 6.87. The number of carbonyl (C=O) groups excluding carboxylic acids is 1. The van der Waals surface area contributed by atoms with Crippen LogP contribution in [0.2, 0.25) is 0 Å². The number of anilines is 1. The lowest BCUT2D eigenvalue weighted by atomic mass is 9.97. The quantitative estimate of drug-likeness (QED) is 0.898. The van der Waals surface area contributed by atoms with Crippen LogP contribution in [0.25, 0.3) is 0 Å². The summed E-state index contributed by atoms with van der Waals surface area (Å²) in [6.07, 6.45) is 1.78. The number of carbonyl (C=O) groups is 1. The molecule has 1 saturated heterocycles. The first-order valence-electron chi connectivity index (χ1n) is 7.81. The van der Waals surface area contributed by atoms with Crippen molar-refractivity contribution in [3.63, 3.8) is 0 Å². The molecule has 122 valence electrons. The van der Waals surface area contributed by atoms with Gasteiger partial charge in [-0.3, -0.25) is 0 Å². The molecule has 5 heteroatoms. The van der Waals surface area contributed by atoms with Crippen LogP contribution in [0, 0.1) is 0 Å². The van der Waals surface area contributed by atoms with Crippen molar-refractivity contribution >= 4 is 11.7 Å². The van der Waals surface area contributed by atoms with E-state index in [0.29, 0.717) is 6.54 Å². The van der Waals surface area contributed by atoms with Crippen LogP contribution in [-0.2, 0) is 6.54 Å². The third kappa shape index (κ3) is 4.21. The van der Waals surface area contributed by atoms with Crippen LogP contribution in [0.3, 0.4) is 0 Å². The topological polar surface area (TPSA) is 55.8 Å². The van der Waals surface area contributed by atoms with Gasteiger partial charge in [0.2, 0.25) is 0 Å². The van der Waals surface area contributed by atoms with E-state index in [9.17, 15) is 9.90 Å². The maximum absolute atomic E-state index is 12.5. The zero-order chi connectivity index (χ0) is 16.3. The normalized spacial score (nSPS) is 18.8. The predicted octanol–water partition coefficient (Wildman–Crippen LogP) is 2.52. The van der Waals surface area contributed by atoms with E-state index in [4.69, 9.17) is 0 Å². The molecular weight excluding hydrogens is 278 g/mol. The zero-order valence-electron chi connectivity index (χ0n) is 14.0. The lowest BCUT2D eigenvalue weighted by Crippen LogP contribution is -2.49. The van der Waals surface area contributed by atoms with Crippen LogP contribution >= 0.6 is 0 Å². The van der Waals surface area contributed by atoms with Gasteiger partial charge in [0, 0.05) is 18.8 Å². The molecule has 2 N–H and O–H groups in total. The Morgan fingerprint density at radius 1 is 1.45 bits per heavy atom. The van der Waals surface area contributed by atoms with Gasteiger partial charge in [0.15, 0.2) is 0 Å². The number of benzene rings is 1. The predicted molar refractivity (Wildman–Crippen MR) is 88.9 cm³/mol. The summed E-state index contributed by atoms with van der Waals surface area (Å²) in [4.78, 5) is 16.3.